The molecule has 2 N–H and O–H groups in total. The fourth-order valence-corrected chi connectivity index (χ4v) is 1.99. The number of carbonyl (C=O) groups excluding carboxylic acids is 2. The van der Waals surface area contributed by atoms with Crippen LogP contribution < -0.4 is 5.32 Å². The fraction of sp³-hybridized carbons (Fsp3) is 0.692. The molecule has 1 aliphatic heterocycles. The molecule has 0 radical (unpaired) electrons. The number of carbonyl (C=O) groups is 3. The molecular formula is C13H21N3O4. The number of nitrogens with zero attached hydrogens (tertiary/aromatic N) is 2. The summed E-state index contributed by atoms with van der Waals surface area (Å²) in [6.07, 6.45) is 1.04. The first kappa shape index (κ1) is 16.1. The summed E-state index contributed by atoms with van der Waals surface area (Å²) in [4.78, 5) is 34.2. The van der Waals surface area contributed by atoms with Crippen LogP contribution in [-0.2, 0) is 14.4 Å². The molecule has 0 bridgehead atoms. The predicted molar refractivity (Wildman–Crippen MR) is 73.0 cm³/mol. The molecule has 1 heterocycles. The molecule has 1 unspecified atom stereocenters. The average Bonchev–Trinajstić information content (AvgIpc) is 2.36. The summed E-state index contributed by atoms with van der Waals surface area (Å²) in [5.74, 6) is -1.83. The van der Waals surface area contributed by atoms with Crippen molar-refractivity contribution in [1.29, 1.82) is 0 Å². The van der Waals surface area contributed by atoms with E-state index in [0.29, 0.717) is 6.42 Å². The van der Waals surface area contributed by atoms with Crippen LogP contribution in [0.25, 0.3) is 0 Å². The molecular weight excluding hydrogens is 262 g/mol. The van der Waals surface area contributed by atoms with Crippen LogP contribution in [0.3, 0.4) is 0 Å². The quantitative estimate of drug-likeness (QED) is 0.739. The molecule has 0 spiro atoms. The van der Waals surface area contributed by atoms with Gasteiger partial charge in [0.25, 0.3) is 5.91 Å². The van der Waals surface area contributed by atoms with Gasteiger partial charge in [-0.25, -0.2) is 5.01 Å². The van der Waals surface area contributed by atoms with Crippen molar-refractivity contribution < 1.29 is 19.5 Å². The average molecular weight is 283 g/mol. The van der Waals surface area contributed by atoms with E-state index >= 15 is 0 Å². The van der Waals surface area contributed by atoms with Gasteiger partial charge in [0.1, 0.15) is 5.71 Å². The highest BCUT2D eigenvalue weighted by atomic mass is 16.4. The Labute approximate surface area is 118 Å². The zero-order valence-electron chi connectivity index (χ0n) is 12.0. The third-order valence-electron chi connectivity index (χ3n) is 3.08. The molecule has 0 aromatic carbocycles. The summed E-state index contributed by atoms with van der Waals surface area (Å²) in [5, 5.41) is 16.7. The maximum atomic E-state index is 11.9. The molecule has 1 aliphatic rings. The van der Waals surface area contributed by atoms with Crippen LogP contribution in [0.4, 0.5) is 0 Å². The minimum atomic E-state index is -0.920. The minimum Gasteiger partial charge on any atom is -0.481 e. The van der Waals surface area contributed by atoms with E-state index in [9.17, 15) is 14.4 Å². The molecule has 0 aromatic heterocycles. The normalized spacial score (nSPS) is 16.9. The summed E-state index contributed by atoms with van der Waals surface area (Å²) >= 11 is 0. The Kier molecular flexibility index (Phi) is 5.66. The number of rotatable bonds is 6. The van der Waals surface area contributed by atoms with Crippen LogP contribution in [0.1, 0.15) is 33.1 Å². The Morgan fingerprint density at radius 2 is 2.05 bits per heavy atom. The van der Waals surface area contributed by atoms with Crippen molar-refractivity contribution in [1.82, 2.24) is 10.3 Å². The lowest BCUT2D eigenvalue weighted by Gasteiger charge is -2.20. The predicted octanol–water partition coefficient (Wildman–Crippen LogP) is 0.458. The second-order valence-corrected chi connectivity index (χ2v) is 5.34. The van der Waals surface area contributed by atoms with Gasteiger partial charge in [0.2, 0.25) is 5.91 Å². The molecule has 2 amide bonds. The lowest BCUT2D eigenvalue weighted by molar-refractivity contribution is -0.142. The summed E-state index contributed by atoms with van der Waals surface area (Å²) in [6, 6.07) is 0. The molecule has 112 valence electrons. The molecule has 0 saturated carbocycles. The number of carboxylic acid groups (broad SMARTS) is 1. The zero-order chi connectivity index (χ0) is 15.3. The number of hydrazone groups is 1. The highest BCUT2D eigenvalue weighted by Crippen LogP contribution is 2.12. The second kappa shape index (κ2) is 7.02. The van der Waals surface area contributed by atoms with E-state index in [4.69, 9.17) is 5.11 Å². The maximum absolute atomic E-state index is 11.9. The molecule has 0 fully saturated rings. The van der Waals surface area contributed by atoms with E-state index in [0.717, 1.165) is 5.01 Å². The van der Waals surface area contributed by atoms with E-state index in [2.05, 4.69) is 10.4 Å². The fourth-order valence-electron chi connectivity index (χ4n) is 1.99. The number of nitrogens with one attached hydrogen (secondary N) is 1. The van der Waals surface area contributed by atoms with Gasteiger partial charge >= 0.3 is 5.97 Å². The minimum absolute atomic E-state index is 0.0724. The number of carboxylic acids is 1. The third kappa shape index (κ3) is 4.64. The van der Waals surface area contributed by atoms with Crippen LogP contribution in [0.15, 0.2) is 5.10 Å². The monoisotopic (exact) mass is 283 g/mol. The lowest BCUT2D eigenvalue weighted by Crippen LogP contribution is -2.40. The SMILES string of the molecule is CC(C)CC(CNC(=O)C1=NN(C)C(=O)CC1)C(=O)O. The van der Waals surface area contributed by atoms with Crippen LogP contribution in [0.2, 0.25) is 0 Å². The third-order valence-corrected chi connectivity index (χ3v) is 3.08. The number of hydrogen-bond donors (Lipinski definition) is 2. The van der Waals surface area contributed by atoms with Gasteiger partial charge in [-0.1, -0.05) is 13.8 Å². The summed E-state index contributed by atoms with van der Waals surface area (Å²) in [6.45, 7) is 3.94. The maximum Gasteiger partial charge on any atom is 0.308 e. The summed E-state index contributed by atoms with van der Waals surface area (Å²) in [7, 11) is 1.49. The Morgan fingerprint density at radius 3 is 2.55 bits per heavy atom. The van der Waals surface area contributed by atoms with E-state index in [1.165, 1.54) is 7.05 Å². The molecule has 7 heteroatoms. The molecule has 20 heavy (non-hydrogen) atoms. The molecule has 1 atom stereocenters. The topological polar surface area (TPSA) is 99.1 Å². The van der Waals surface area contributed by atoms with Gasteiger partial charge in [-0.05, 0) is 12.3 Å². The van der Waals surface area contributed by atoms with Gasteiger partial charge in [-0.15, -0.1) is 0 Å². The Hall–Kier alpha value is -1.92. The molecule has 7 nitrogen and oxygen atoms in total. The van der Waals surface area contributed by atoms with Crippen molar-refractivity contribution in [3.63, 3.8) is 0 Å². The number of aliphatic carboxylic acids is 1. The summed E-state index contributed by atoms with van der Waals surface area (Å²) < 4.78 is 0. The number of amides is 2. The van der Waals surface area contributed by atoms with Gasteiger partial charge in [0.05, 0.1) is 5.92 Å². The van der Waals surface area contributed by atoms with Crippen LogP contribution in [0.5, 0.6) is 0 Å². The van der Waals surface area contributed by atoms with Crippen molar-refractivity contribution in [2.45, 2.75) is 33.1 Å². The van der Waals surface area contributed by atoms with E-state index in [1.807, 2.05) is 13.8 Å². The lowest BCUT2D eigenvalue weighted by atomic mass is 9.97. The van der Waals surface area contributed by atoms with Crippen molar-refractivity contribution in [3.05, 3.63) is 0 Å². The van der Waals surface area contributed by atoms with Gasteiger partial charge in [-0.2, -0.15) is 5.10 Å². The standard InChI is InChI=1S/C13H21N3O4/c1-8(2)6-9(13(19)20)7-14-12(18)10-4-5-11(17)16(3)15-10/h8-9H,4-7H2,1-3H3,(H,14,18)(H,19,20). The van der Waals surface area contributed by atoms with Crippen molar-refractivity contribution in [2.24, 2.45) is 16.9 Å². The molecule has 1 rings (SSSR count). The van der Waals surface area contributed by atoms with Crippen molar-refractivity contribution in [3.8, 4) is 0 Å². The molecule has 0 aromatic rings. The van der Waals surface area contributed by atoms with Crippen LogP contribution in [0, 0.1) is 11.8 Å². The second-order valence-electron chi connectivity index (χ2n) is 5.34. The zero-order valence-corrected chi connectivity index (χ0v) is 12.0. The van der Waals surface area contributed by atoms with Gasteiger partial charge < -0.3 is 10.4 Å². The first-order valence-corrected chi connectivity index (χ1v) is 6.66. The Bertz CT molecular complexity index is 431. The highest BCUT2D eigenvalue weighted by Gasteiger charge is 2.24. The van der Waals surface area contributed by atoms with Gasteiger partial charge in [0, 0.05) is 26.4 Å². The van der Waals surface area contributed by atoms with Crippen LogP contribution >= 0.6 is 0 Å². The molecule has 0 saturated heterocycles. The van der Waals surface area contributed by atoms with Gasteiger partial charge in [-0.3, -0.25) is 14.4 Å². The van der Waals surface area contributed by atoms with Crippen molar-refractivity contribution >= 4 is 23.5 Å². The van der Waals surface area contributed by atoms with Gasteiger partial charge in [0.15, 0.2) is 0 Å². The first-order valence-electron chi connectivity index (χ1n) is 6.66. The Morgan fingerprint density at radius 1 is 1.40 bits per heavy atom. The largest absolute Gasteiger partial charge is 0.481 e. The van der Waals surface area contributed by atoms with E-state index in [-0.39, 0.29) is 36.9 Å². The van der Waals surface area contributed by atoms with Crippen LogP contribution in [-0.4, -0.2) is 47.2 Å². The Balaban J connectivity index is 2.55. The van der Waals surface area contributed by atoms with E-state index < -0.39 is 17.8 Å². The smallest absolute Gasteiger partial charge is 0.308 e. The van der Waals surface area contributed by atoms with Crippen molar-refractivity contribution in [2.75, 3.05) is 13.6 Å². The van der Waals surface area contributed by atoms with E-state index in [1.54, 1.807) is 0 Å². The first-order chi connectivity index (χ1) is 9.31. The number of hydrogen-bond acceptors (Lipinski definition) is 4. The summed E-state index contributed by atoms with van der Waals surface area (Å²) in [5.41, 5.74) is 0.265. The molecule has 0 aliphatic carbocycles. The highest BCUT2D eigenvalue weighted by molar-refractivity contribution is 6.39.